The van der Waals surface area contributed by atoms with Crippen molar-refractivity contribution in [2.75, 3.05) is 26.2 Å². The summed E-state index contributed by atoms with van der Waals surface area (Å²) in [4.78, 5) is 12.9. The number of hydrogen-bond acceptors (Lipinski definition) is 5. The van der Waals surface area contributed by atoms with E-state index in [2.05, 4.69) is 11.8 Å². The summed E-state index contributed by atoms with van der Waals surface area (Å²) in [6, 6.07) is 4.97. The molecule has 6 heteroatoms. The zero-order chi connectivity index (χ0) is 16.1. The molecule has 1 aromatic rings. The van der Waals surface area contributed by atoms with E-state index in [0.29, 0.717) is 12.1 Å². The molecule has 1 atom stereocenters. The molecule has 0 bridgehead atoms. The van der Waals surface area contributed by atoms with Gasteiger partial charge in [0, 0.05) is 12.1 Å². The summed E-state index contributed by atoms with van der Waals surface area (Å²) in [5.74, 6) is 0.968. The van der Waals surface area contributed by atoms with E-state index in [1.807, 2.05) is 0 Å². The Bertz CT molecular complexity index is 513. The van der Waals surface area contributed by atoms with Crippen LogP contribution in [0, 0.1) is 23.0 Å². The highest BCUT2D eigenvalue weighted by Gasteiger charge is 2.21. The Kier molecular flexibility index (Phi) is 5.74. The average Bonchev–Trinajstić information content (AvgIpc) is 2.47. The van der Waals surface area contributed by atoms with Crippen molar-refractivity contribution in [2.24, 2.45) is 5.92 Å². The van der Waals surface area contributed by atoms with Crippen LogP contribution in [0.3, 0.4) is 0 Å². The quantitative estimate of drug-likeness (QED) is 0.645. The molecule has 0 aliphatic carbocycles. The molecule has 0 amide bonds. The van der Waals surface area contributed by atoms with E-state index in [-0.39, 0.29) is 18.0 Å². The molecule has 1 fully saturated rings. The molecule has 6 nitrogen and oxygen atoms in total. The number of hydrogen-bond donors (Lipinski definition) is 1. The molecule has 1 N–H and O–H groups in total. The first-order valence-electron chi connectivity index (χ1n) is 7.74. The Morgan fingerprint density at radius 2 is 2.14 bits per heavy atom. The van der Waals surface area contributed by atoms with E-state index in [1.165, 1.54) is 0 Å². The maximum absolute atomic E-state index is 11.1. The van der Waals surface area contributed by atoms with Crippen molar-refractivity contribution in [3.05, 3.63) is 33.9 Å². The van der Waals surface area contributed by atoms with Gasteiger partial charge in [-0.25, -0.2) is 0 Å². The molecule has 0 radical (unpaired) electrons. The van der Waals surface area contributed by atoms with Crippen LogP contribution in [0.4, 0.5) is 5.69 Å². The number of aryl methyl sites for hydroxylation is 1. The van der Waals surface area contributed by atoms with E-state index >= 15 is 0 Å². The number of ether oxygens (including phenoxy) is 1. The number of para-hydroxylation sites is 1. The number of nitrogens with zero attached hydrogens (tertiary/aromatic N) is 2. The van der Waals surface area contributed by atoms with Crippen LogP contribution in [0.2, 0.25) is 0 Å². The van der Waals surface area contributed by atoms with E-state index in [0.717, 1.165) is 31.8 Å². The number of β-amino-alcohol motifs (C(OH)–C–C–N with tert-alkyl or cyclic N) is 1. The second-order valence-electron chi connectivity index (χ2n) is 6.13. The van der Waals surface area contributed by atoms with Gasteiger partial charge in [-0.3, -0.25) is 10.1 Å². The van der Waals surface area contributed by atoms with Gasteiger partial charge in [0.25, 0.3) is 0 Å². The number of benzene rings is 1. The van der Waals surface area contributed by atoms with E-state index < -0.39 is 11.0 Å². The van der Waals surface area contributed by atoms with Crippen molar-refractivity contribution in [2.45, 2.75) is 32.8 Å². The number of piperidine rings is 1. The van der Waals surface area contributed by atoms with Crippen molar-refractivity contribution in [1.82, 2.24) is 4.90 Å². The SMILES string of the molecule is Cc1cccc(OCC(O)CN2CCC(C)CC2)c1[N+](=O)[O-]. The molecule has 1 aliphatic rings. The van der Waals surface area contributed by atoms with Crippen LogP contribution in [-0.4, -0.2) is 47.3 Å². The van der Waals surface area contributed by atoms with Gasteiger partial charge in [0.2, 0.25) is 0 Å². The highest BCUT2D eigenvalue weighted by Crippen LogP contribution is 2.30. The molecular weight excluding hydrogens is 284 g/mol. The van der Waals surface area contributed by atoms with Gasteiger partial charge in [-0.2, -0.15) is 0 Å². The molecule has 0 aromatic heterocycles. The number of likely N-dealkylation sites (tertiary alicyclic amines) is 1. The zero-order valence-electron chi connectivity index (χ0n) is 13.2. The first kappa shape index (κ1) is 16.7. The largest absolute Gasteiger partial charge is 0.484 e. The summed E-state index contributed by atoms with van der Waals surface area (Å²) in [6.07, 6.45) is 1.65. The molecular formula is C16H24N2O4. The number of rotatable bonds is 6. The van der Waals surface area contributed by atoms with Crippen molar-refractivity contribution in [3.63, 3.8) is 0 Å². The predicted octanol–water partition coefficient (Wildman–Crippen LogP) is 2.37. The molecule has 1 aliphatic heterocycles. The maximum Gasteiger partial charge on any atom is 0.313 e. The number of nitro groups is 1. The monoisotopic (exact) mass is 308 g/mol. The Balaban J connectivity index is 1.87. The highest BCUT2D eigenvalue weighted by molar-refractivity contribution is 5.52. The lowest BCUT2D eigenvalue weighted by atomic mass is 9.99. The third kappa shape index (κ3) is 4.42. The lowest BCUT2D eigenvalue weighted by molar-refractivity contribution is -0.386. The van der Waals surface area contributed by atoms with Crippen molar-refractivity contribution in [3.8, 4) is 5.75 Å². The third-order valence-corrected chi connectivity index (χ3v) is 4.16. The minimum absolute atomic E-state index is 0.0264. The number of aliphatic hydroxyl groups excluding tert-OH is 1. The molecule has 0 saturated carbocycles. The molecule has 0 spiro atoms. The van der Waals surface area contributed by atoms with Gasteiger partial charge in [0.15, 0.2) is 5.75 Å². The van der Waals surface area contributed by atoms with Gasteiger partial charge in [0.05, 0.1) is 4.92 Å². The number of nitro benzene ring substituents is 1. The fourth-order valence-electron chi connectivity index (χ4n) is 2.76. The third-order valence-electron chi connectivity index (χ3n) is 4.16. The second kappa shape index (κ2) is 7.56. The van der Waals surface area contributed by atoms with Crippen LogP contribution in [-0.2, 0) is 0 Å². The van der Waals surface area contributed by atoms with E-state index in [9.17, 15) is 15.2 Å². The highest BCUT2D eigenvalue weighted by atomic mass is 16.6. The Hall–Kier alpha value is -1.66. The summed E-state index contributed by atoms with van der Waals surface area (Å²) in [7, 11) is 0. The lowest BCUT2D eigenvalue weighted by Gasteiger charge is -2.31. The van der Waals surface area contributed by atoms with E-state index in [1.54, 1.807) is 25.1 Å². The van der Waals surface area contributed by atoms with Gasteiger partial charge < -0.3 is 14.7 Å². The van der Waals surface area contributed by atoms with Gasteiger partial charge in [0.1, 0.15) is 12.7 Å². The fraction of sp³-hybridized carbons (Fsp3) is 0.625. The summed E-state index contributed by atoms with van der Waals surface area (Å²) < 4.78 is 5.49. The Morgan fingerprint density at radius 3 is 2.77 bits per heavy atom. The van der Waals surface area contributed by atoms with Crippen LogP contribution < -0.4 is 4.74 Å². The smallest absolute Gasteiger partial charge is 0.313 e. The minimum Gasteiger partial charge on any atom is -0.484 e. The van der Waals surface area contributed by atoms with Crippen LogP contribution in [0.25, 0.3) is 0 Å². The van der Waals surface area contributed by atoms with Gasteiger partial charge in [-0.05, 0) is 44.8 Å². The van der Waals surface area contributed by atoms with Gasteiger partial charge in [-0.1, -0.05) is 19.1 Å². The molecule has 1 unspecified atom stereocenters. The van der Waals surface area contributed by atoms with Crippen molar-refractivity contribution < 1.29 is 14.8 Å². The summed E-state index contributed by atoms with van der Waals surface area (Å²) in [5, 5.41) is 21.2. The maximum atomic E-state index is 11.1. The molecule has 1 saturated heterocycles. The fourth-order valence-corrected chi connectivity index (χ4v) is 2.76. The van der Waals surface area contributed by atoms with Gasteiger partial charge in [-0.15, -0.1) is 0 Å². The first-order valence-corrected chi connectivity index (χ1v) is 7.74. The second-order valence-corrected chi connectivity index (χ2v) is 6.13. The van der Waals surface area contributed by atoms with Crippen molar-refractivity contribution >= 4 is 5.69 Å². The van der Waals surface area contributed by atoms with Crippen LogP contribution in [0.1, 0.15) is 25.3 Å². The lowest BCUT2D eigenvalue weighted by Crippen LogP contribution is -2.40. The summed E-state index contributed by atoms with van der Waals surface area (Å²) in [5.41, 5.74) is 0.531. The average molecular weight is 308 g/mol. The minimum atomic E-state index is -0.645. The predicted molar refractivity (Wildman–Crippen MR) is 84.2 cm³/mol. The molecule has 122 valence electrons. The Morgan fingerprint density at radius 1 is 1.45 bits per heavy atom. The number of aliphatic hydroxyl groups is 1. The normalized spacial score (nSPS) is 18.1. The summed E-state index contributed by atoms with van der Waals surface area (Å²) >= 11 is 0. The standard InChI is InChI=1S/C16H24N2O4/c1-12-6-8-17(9-7-12)10-14(19)11-22-15-5-3-4-13(2)16(15)18(20)21/h3-5,12,14,19H,6-11H2,1-2H3. The Labute approximate surface area is 130 Å². The molecule has 22 heavy (non-hydrogen) atoms. The summed E-state index contributed by atoms with van der Waals surface area (Å²) in [6.45, 7) is 6.51. The van der Waals surface area contributed by atoms with Crippen LogP contribution in [0.5, 0.6) is 5.75 Å². The van der Waals surface area contributed by atoms with Crippen LogP contribution in [0.15, 0.2) is 18.2 Å². The van der Waals surface area contributed by atoms with Crippen molar-refractivity contribution in [1.29, 1.82) is 0 Å². The van der Waals surface area contributed by atoms with Crippen LogP contribution >= 0.6 is 0 Å². The first-order chi connectivity index (χ1) is 10.5. The topological polar surface area (TPSA) is 75.8 Å². The molecule has 2 rings (SSSR count). The molecule has 1 heterocycles. The molecule has 1 aromatic carbocycles. The van der Waals surface area contributed by atoms with Gasteiger partial charge >= 0.3 is 5.69 Å². The zero-order valence-corrected chi connectivity index (χ0v) is 13.2. The van der Waals surface area contributed by atoms with E-state index in [4.69, 9.17) is 4.74 Å².